The molecule has 0 aromatic heterocycles. The van der Waals surface area contributed by atoms with E-state index in [1.807, 2.05) is 30.3 Å². The van der Waals surface area contributed by atoms with Gasteiger partial charge in [0.1, 0.15) is 6.04 Å². The lowest BCUT2D eigenvalue weighted by Crippen LogP contribution is -2.44. The van der Waals surface area contributed by atoms with Gasteiger partial charge in [0.15, 0.2) is 6.61 Å². The van der Waals surface area contributed by atoms with Crippen LogP contribution >= 0.6 is 0 Å². The summed E-state index contributed by atoms with van der Waals surface area (Å²) < 4.78 is 5.06. The summed E-state index contributed by atoms with van der Waals surface area (Å²) in [6.45, 7) is 1.85. The van der Waals surface area contributed by atoms with Crippen LogP contribution in [0.4, 0.5) is 0 Å². The number of amides is 2. The SMILES string of the molecule is CCNC(=O)COC(=O)[C@@H](Cc1ccccc1)NC(=O)c1ccccc1. The van der Waals surface area contributed by atoms with E-state index in [1.54, 1.807) is 37.3 Å². The zero-order valence-electron chi connectivity index (χ0n) is 14.6. The maximum atomic E-state index is 12.4. The second-order valence-electron chi connectivity index (χ2n) is 5.64. The first-order valence-corrected chi connectivity index (χ1v) is 8.43. The third-order valence-corrected chi connectivity index (χ3v) is 3.63. The first-order chi connectivity index (χ1) is 12.6. The van der Waals surface area contributed by atoms with Gasteiger partial charge in [-0.2, -0.15) is 0 Å². The van der Waals surface area contributed by atoms with Crippen LogP contribution in [0.2, 0.25) is 0 Å². The van der Waals surface area contributed by atoms with Crippen LogP contribution in [-0.2, 0) is 20.7 Å². The van der Waals surface area contributed by atoms with Gasteiger partial charge in [0.2, 0.25) is 0 Å². The van der Waals surface area contributed by atoms with Crippen LogP contribution in [0.5, 0.6) is 0 Å². The van der Waals surface area contributed by atoms with Crippen LogP contribution in [-0.4, -0.2) is 37.0 Å². The summed E-state index contributed by atoms with van der Waals surface area (Å²) in [5.74, 6) is -1.40. The molecule has 0 unspecified atom stereocenters. The van der Waals surface area contributed by atoms with Crippen molar-refractivity contribution < 1.29 is 19.1 Å². The number of benzene rings is 2. The summed E-state index contributed by atoms with van der Waals surface area (Å²) >= 11 is 0. The van der Waals surface area contributed by atoms with E-state index in [0.717, 1.165) is 5.56 Å². The van der Waals surface area contributed by atoms with Crippen molar-refractivity contribution in [1.29, 1.82) is 0 Å². The topological polar surface area (TPSA) is 84.5 Å². The van der Waals surface area contributed by atoms with Gasteiger partial charge in [-0.05, 0) is 24.6 Å². The third kappa shape index (κ3) is 6.05. The highest BCUT2D eigenvalue weighted by Gasteiger charge is 2.24. The highest BCUT2D eigenvalue weighted by molar-refractivity contribution is 5.97. The molecule has 0 saturated carbocycles. The fourth-order valence-electron chi connectivity index (χ4n) is 2.36. The van der Waals surface area contributed by atoms with Crippen molar-refractivity contribution in [2.24, 2.45) is 0 Å². The first-order valence-electron chi connectivity index (χ1n) is 8.43. The van der Waals surface area contributed by atoms with E-state index in [2.05, 4.69) is 10.6 Å². The van der Waals surface area contributed by atoms with Crippen LogP contribution in [0, 0.1) is 0 Å². The Morgan fingerprint density at radius 1 is 0.962 bits per heavy atom. The molecule has 0 fully saturated rings. The van der Waals surface area contributed by atoms with Gasteiger partial charge >= 0.3 is 5.97 Å². The molecule has 2 aromatic rings. The lowest BCUT2D eigenvalue weighted by Gasteiger charge is -2.18. The van der Waals surface area contributed by atoms with Crippen molar-refractivity contribution in [3.63, 3.8) is 0 Å². The number of rotatable bonds is 8. The lowest BCUT2D eigenvalue weighted by molar-refractivity contribution is -0.150. The molecule has 0 aliphatic heterocycles. The molecule has 0 saturated heterocycles. The number of ether oxygens (including phenoxy) is 1. The van der Waals surface area contributed by atoms with Gasteiger partial charge in [-0.15, -0.1) is 0 Å². The molecule has 0 aliphatic rings. The number of nitrogens with one attached hydrogen (secondary N) is 2. The molecule has 26 heavy (non-hydrogen) atoms. The Kier molecular flexibility index (Phi) is 7.36. The molecule has 2 rings (SSSR count). The molecule has 6 heteroatoms. The number of hydrogen-bond acceptors (Lipinski definition) is 4. The molecule has 2 amide bonds. The minimum atomic E-state index is -0.889. The molecule has 1 atom stereocenters. The summed E-state index contributed by atoms with van der Waals surface area (Å²) in [5.41, 5.74) is 1.32. The molecule has 0 bridgehead atoms. The lowest BCUT2D eigenvalue weighted by atomic mass is 10.1. The van der Waals surface area contributed by atoms with Crippen molar-refractivity contribution in [1.82, 2.24) is 10.6 Å². The minimum absolute atomic E-state index is 0.271. The van der Waals surface area contributed by atoms with Gasteiger partial charge in [-0.25, -0.2) is 4.79 Å². The van der Waals surface area contributed by atoms with E-state index in [4.69, 9.17) is 4.74 Å². The van der Waals surface area contributed by atoms with Crippen molar-refractivity contribution in [3.05, 3.63) is 71.8 Å². The quantitative estimate of drug-likeness (QED) is 0.707. The first kappa shape index (κ1) is 19.2. The minimum Gasteiger partial charge on any atom is -0.454 e. The highest BCUT2D eigenvalue weighted by Crippen LogP contribution is 2.07. The Balaban J connectivity index is 2.06. The molecule has 0 radical (unpaired) electrons. The van der Waals surface area contributed by atoms with Gasteiger partial charge in [-0.3, -0.25) is 9.59 Å². The summed E-state index contributed by atoms with van der Waals surface area (Å²) in [4.78, 5) is 36.3. The second kappa shape index (κ2) is 9.98. The van der Waals surface area contributed by atoms with E-state index < -0.39 is 12.0 Å². The Hall–Kier alpha value is -3.15. The van der Waals surface area contributed by atoms with Gasteiger partial charge in [0, 0.05) is 18.5 Å². The molecule has 0 aliphatic carbocycles. The van der Waals surface area contributed by atoms with Crippen molar-refractivity contribution in [2.45, 2.75) is 19.4 Å². The normalized spacial score (nSPS) is 11.3. The summed E-state index contributed by atoms with van der Waals surface area (Å²) in [5, 5.41) is 5.24. The zero-order chi connectivity index (χ0) is 18.8. The van der Waals surface area contributed by atoms with Crippen LogP contribution < -0.4 is 10.6 Å². The molecule has 6 nitrogen and oxygen atoms in total. The molecule has 0 heterocycles. The third-order valence-electron chi connectivity index (χ3n) is 3.63. The summed E-state index contributed by atoms with van der Waals surface area (Å²) in [7, 11) is 0. The zero-order valence-corrected chi connectivity index (χ0v) is 14.6. The van der Waals surface area contributed by atoms with Gasteiger partial charge in [0.25, 0.3) is 11.8 Å². The Labute approximate surface area is 152 Å². The smallest absolute Gasteiger partial charge is 0.329 e. The number of hydrogen-bond donors (Lipinski definition) is 2. The molecular formula is C20H22N2O4. The molecule has 2 N–H and O–H groups in total. The van der Waals surface area contributed by atoms with Crippen molar-refractivity contribution in [3.8, 4) is 0 Å². The van der Waals surface area contributed by atoms with Crippen LogP contribution in [0.15, 0.2) is 60.7 Å². The van der Waals surface area contributed by atoms with Crippen LogP contribution in [0.1, 0.15) is 22.8 Å². The molecule has 0 spiro atoms. The largest absolute Gasteiger partial charge is 0.454 e. The Morgan fingerprint density at radius 2 is 1.58 bits per heavy atom. The van der Waals surface area contributed by atoms with Crippen LogP contribution in [0.3, 0.4) is 0 Å². The van der Waals surface area contributed by atoms with Gasteiger partial charge < -0.3 is 15.4 Å². The maximum absolute atomic E-state index is 12.4. The Bertz CT molecular complexity index is 732. The standard InChI is InChI=1S/C20H22N2O4/c1-2-21-18(23)14-26-20(25)17(13-15-9-5-3-6-10-15)22-19(24)16-11-7-4-8-12-16/h3-12,17H,2,13-14H2,1H3,(H,21,23)(H,22,24)/t17-/m1/s1. The van der Waals surface area contributed by atoms with E-state index in [9.17, 15) is 14.4 Å². The van der Waals surface area contributed by atoms with Crippen molar-refractivity contribution >= 4 is 17.8 Å². The van der Waals surface area contributed by atoms with E-state index >= 15 is 0 Å². The predicted molar refractivity (Wildman–Crippen MR) is 97.5 cm³/mol. The van der Waals surface area contributed by atoms with E-state index in [-0.39, 0.29) is 24.8 Å². The molecular weight excluding hydrogens is 332 g/mol. The van der Waals surface area contributed by atoms with Crippen molar-refractivity contribution in [2.75, 3.05) is 13.2 Å². The number of likely N-dealkylation sites (N-methyl/N-ethyl adjacent to an activating group) is 1. The fraction of sp³-hybridized carbons (Fsp3) is 0.250. The van der Waals surface area contributed by atoms with E-state index in [1.165, 1.54) is 0 Å². The summed E-state index contributed by atoms with van der Waals surface area (Å²) in [6, 6.07) is 17.0. The monoisotopic (exact) mass is 354 g/mol. The maximum Gasteiger partial charge on any atom is 0.329 e. The van der Waals surface area contributed by atoms with E-state index in [0.29, 0.717) is 12.1 Å². The highest BCUT2D eigenvalue weighted by atomic mass is 16.5. The predicted octanol–water partition coefficient (Wildman–Crippen LogP) is 1.71. The number of esters is 1. The van der Waals surface area contributed by atoms with Gasteiger partial charge in [0.05, 0.1) is 0 Å². The van der Waals surface area contributed by atoms with Crippen LogP contribution in [0.25, 0.3) is 0 Å². The molecule has 136 valence electrons. The number of carbonyl (C=O) groups excluding carboxylic acids is 3. The summed E-state index contributed by atoms with van der Waals surface area (Å²) in [6.07, 6.45) is 0.271. The second-order valence-corrected chi connectivity index (χ2v) is 5.64. The number of carbonyl (C=O) groups is 3. The molecule has 2 aromatic carbocycles. The average Bonchev–Trinajstić information content (AvgIpc) is 2.67. The average molecular weight is 354 g/mol. The van der Waals surface area contributed by atoms with Gasteiger partial charge in [-0.1, -0.05) is 48.5 Å². The fourth-order valence-corrected chi connectivity index (χ4v) is 2.36. The Morgan fingerprint density at radius 3 is 2.19 bits per heavy atom.